The molecule has 0 aromatic rings. The molecule has 13 heavy (non-hydrogen) atoms. The average Bonchev–Trinajstić information content (AvgIpc) is 2.08. The van der Waals surface area contributed by atoms with Crippen molar-refractivity contribution in [3.8, 4) is 0 Å². The number of thioether (sulfide) groups is 1. The van der Waals surface area contributed by atoms with Crippen molar-refractivity contribution in [2.45, 2.75) is 43.6 Å². The summed E-state index contributed by atoms with van der Waals surface area (Å²) in [7, 11) is 0. The van der Waals surface area contributed by atoms with E-state index in [2.05, 4.69) is 0 Å². The van der Waals surface area contributed by atoms with Crippen LogP contribution < -0.4 is 5.73 Å². The maximum atomic E-state index is 12.8. The van der Waals surface area contributed by atoms with Gasteiger partial charge in [0, 0.05) is 18.4 Å². The smallest absolute Gasteiger partial charge is 0.248 e. The van der Waals surface area contributed by atoms with Crippen LogP contribution in [0.25, 0.3) is 0 Å². The number of hydrogen-bond donors (Lipinski definition) is 1. The largest absolute Gasteiger partial charge is 0.325 e. The predicted octanol–water partition coefficient (Wildman–Crippen LogP) is 2.65. The van der Waals surface area contributed by atoms with Crippen molar-refractivity contribution in [2.75, 3.05) is 12.0 Å². The average molecular weight is 209 g/mol. The van der Waals surface area contributed by atoms with Gasteiger partial charge in [0.1, 0.15) is 0 Å². The van der Waals surface area contributed by atoms with Crippen LogP contribution in [0, 0.1) is 0 Å². The first kappa shape index (κ1) is 11.2. The second-order valence-electron chi connectivity index (χ2n) is 3.96. The molecule has 1 aliphatic carbocycles. The van der Waals surface area contributed by atoms with Gasteiger partial charge in [-0.15, -0.1) is 0 Å². The van der Waals surface area contributed by atoms with E-state index >= 15 is 0 Å². The van der Waals surface area contributed by atoms with Crippen molar-refractivity contribution >= 4 is 11.8 Å². The molecule has 1 aliphatic rings. The minimum Gasteiger partial charge on any atom is -0.325 e. The Labute approximate surface area is 82.4 Å². The lowest BCUT2D eigenvalue weighted by Crippen LogP contribution is -2.46. The van der Waals surface area contributed by atoms with Gasteiger partial charge in [0.15, 0.2) is 0 Å². The quantitative estimate of drug-likeness (QED) is 0.773. The minimum atomic E-state index is -2.46. The maximum absolute atomic E-state index is 12.8. The van der Waals surface area contributed by atoms with Gasteiger partial charge in [-0.3, -0.25) is 0 Å². The number of alkyl halides is 2. The topological polar surface area (TPSA) is 26.0 Å². The van der Waals surface area contributed by atoms with E-state index in [1.54, 1.807) is 11.8 Å². The monoisotopic (exact) mass is 209 g/mol. The van der Waals surface area contributed by atoms with Crippen molar-refractivity contribution in [1.82, 2.24) is 0 Å². The highest BCUT2D eigenvalue weighted by Crippen LogP contribution is 2.38. The summed E-state index contributed by atoms with van der Waals surface area (Å²) in [6, 6.07) is 0. The lowest BCUT2D eigenvalue weighted by Gasteiger charge is -2.37. The van der Waals surface area contributed by atoms with Gasteiger partial charge in [0.05, 0.1) is 0 Å². The third-order valence-corrected chi connectivity index (χ3v) is 3.39. The molecule has 0 unspecified atom stereocenters. The van der Waals surface area contributed by atoms with Crippen LogP contribution in [0.15, 0.2) is 0 Å². The van der Waals surface area contributed by atoms with E-state index in [4.69, 9.17) is 5.73 Å². The molecule has 0 spiro atoms. The van der Waals surface area contributed by atoms with Crippen LogP contribution in [-0.2, 0) is 0 Å². The molecule has 1 saturated carbocycles. The lowest BCUT2D eigenvalue weighted by molar-refractivity contribution is -0.0508. The zero-order valence-corrected chi connectivity index (χ0v) is 8.80. The normalized spacial score (nSPS) is 25.8. The molecule has 78 valence electrons. The van der Waals surface area contributed by atoms with E-state index in [1.807, 2.05) is 6.26 Å². The zero-order valence-electron chi connectivity index (χ0n) is 7.98. The fourth-order valence-corrected chi connectivity index (χ4v) is 2.28. The predicted molar refractivity (Wildman–Crippen MR) is 53.3 cm³/mol. The van der Waals surface area contributed by atoms with Gasteiger partial charge in [0.2, 0.25) is 5.92 Å². The Bertz CT molecular complexity index is 163. The van der Waals surface area contributed by atoms with Gasteiger partial charge in [-0.25, -0.2) is 8.78 Å². The molecule has 0 bridgehead atoms. The molecule has 1 fully saturated rings. The van der Waals surface area contributed by atoms with Gasteiger partial charge < -0.3 is 5.73 Å². The standard InChI is InChI=1S/C9H17F2NS/c1-13-7-6-8(12)2-4-9(10,11)5-3-8/h2-7,12H2,1H3. The summed E-state index contributed by atoms with van der Waals surface area (Å²) in [5.74, 6) is -1.48. The molecule has 1 rings (SSSR count). The third-order valence-electron chi connectivity index (χ3n) is 2.78. The van der Waals surface area contributed by atoms with Crippen LogP contribution in [0.2, 0.25) is 0 Å². The molecular formula is C9H17F2NS. The van der Waals surface area contributed by atoms with Crippen LogP contribution in [0.3, 0.4) is 0 Å². The van der Waals surface area contributed by atoms with Crippen molar-refractivity contribution < 1.29 is 8.78 Å². The Kier molecular flexibility index (Phi) is 3.57. The summed E-state index contributed by atoms with van der Waals surface area (Å²) in [6.45, 7) is 0. The van der Waals surface area contributed by atoms with E-state index in [0.717, 1.165) is 12.2 Å². The summed E-state index contributed by atoms with van der Waals surface area (Å²) >= 11 is 1.73. The molecule has 0 aromatic carbocycles. The van der Waals surface area contributed by atoms with Gasteiger partial charge in [-0.2, -0.15) is 11.8 Å². The van der Waals surface area contributed by atoms with E-state index in [9.17, 15) is 8.78 Å². The van der Waals surface area contributed by atoms with Crippen LogP contribution in [0.4, 0.5) is 8.78 Å². The molecule has 0 saturated heterocycles. The SMILES string of the molecule is CSCCC1(N)CCC(F)(F)CC1. The summed E-state index contributed by atoms with van der Waals surface area (Å²) in [4.78, 5) is 0. The summed E-state index contributed by atoms with van der Waals surface area (Å²) in [5, 5.41) is 0. The van der Waals surface area contributed by atoms with Crippen LogP contribution in [-0.4, -0.2) is 23.5 Å². The third kappa shape index (κ3) is 3.43. The molecule has 0 radical (unpaired) electrons. The number of nitrogens with two attached hydrogens (primary N) is 1. The van der Waals surface area contributed by atoms with Gasteiger partial charge in [0.25, 0.3) is 0 Å². The van der Waals surface area contributed by atoms with Crippen LogP contribution in [0.1, 0.15) is 32.1 Å². The second kappa shape index (κ2) is 4.13. The molecule has 0 heterocycles. The Hall–Kier alpha value is 0.170. The molecular weight excluding hydrogens is 192 g/mol. The second-order valence-corrected chi connectivity index (χ2v) is 4.95. The van der Waals surface area contributed by atoms with Crippen LogP contribution >= 0.6 is 11.8 Å². The highest BCUT2D eigenvalue weighted by atomic mass is 32.2. The Morgan fingerprint density at radius 1 is 1.23 bits per heavy atom. The van der Waals surface area contributed by atoms with E-state index in [-0.39, 0.29) is 18.4 Å². The van der Waals surface area contributed by atoms with Crippen molar-refractivity contribution in [3.05, 3.63) is 0 Å². The van der Waals surface area contributed by atoms with Crippen molar-refractivity contribution in [2.24, 2.45) is 5.73 Å². The first-order chi connectivity index (χ1) is 5.97. The fraction of sp³-hybridized carbons (Fsp3) is 1.00. The van der Waals surface area contributed by atoms with Crippen molar-refractivity contribution in [3.63, 3.8) is 0 Å². The summed E-state index contributed by atoms with van der Waals surface area (Å²) in [5.41, 5.74) is 5.70. The Morgan fingerprint density at radius 3 is 2.23 bits per heavy atom. The van der Waals surface area contributed by atoms with Gasteiger partial charge in [-0.1, -0.05) is 0 Å². The van der Waals surface area contributed by atoms with Crippen molar-refractivity contribution in [1.29, 1.82) is 0 Å². The number of hydrogen-bond acceptors (Lipinski definition) is 2. The van der Waals surface area contributed by atoms with E-state index < -0.39 is 5.92 Å². The molecule has 1 nitrogen and oxygen atoms in total. The maximum Gasteiger partial charge on any atom is 0.248 e. The van der Waals surface area contributed by atoms with Gasteiger partial charge >= 0.3 is 0 Å². The molecule has 0 aromatic heterocycles. The van der Waals surface area contributed by atoms with Crippen LogP contribution in [0.5, 0.6) is 0 Å². The fourth-order valence-electron chi connectivity index (χ4n) is 1.67. The first-order valence-corrected chi connectivity index (χ1v) is 6.03. The summed E-state index contributed by atoms with van der Waals surface area (Å²) < 4.78 is 25.6. The van der Waals surface area contributed by atoms with Gasteiger partial charge in [-0.05, 0) is 31.3 Å². The van der Waals surface area contributed by atoms with E-state index in [1.165, 1.54) is 0 Å². The molecule has 0 amide bonds. The Morgan fingerprint density at radius 2 is 1.77 bits per heavy atom. The summed E-state index contributed by atoms with van der Waals surface area (Å²) in [6.07, 6.45) is 3.77. The number of halogens is 2. The highest BCUT2D eigenvalue weighted by molar-refractivity contribution is 7.98. The molecule has 4 heteroatoms. The minimum absolute atomic E-state index is 0.0299. The first-order valence-electron chi connectivity index (χ1n) is 4.63. The highest BCUT2D eigenvalue weighted by Gasteiger charge is 2.40. The lowest BCUT2D eigenvalue weighted by atomic mass is 9.79. The number of rotatable bonds is 3. The van der Waals surface area contributed by atoms with E-state index in [0.29, 0.717) is 12.8 Å². The zero-order chi connectivity index (χ0) is 9.95. The Balaban J connectivity index is 2.37. The molecule has 2 N–H and O–H groups in total. The molecule has 0 aliphatic heterocycles. The molecule has 0 atom stereocenters.